The highest BCUT2D eigenvalue weighted by Gasteiger charge is 2.23. The summed E-state index contributed by atoms with van der Waals surface area (Å²) in [7, 11) is 0. The van der Waals surface area contributed by atoms with Crippen molar-refractivity contribution < 1.29 is 19.5 Å². The molecule has 6 nitrogen and oxygen atoms in total. The standard InChI is InChI=1S/C14H13ClN2O4S/c1-3-21-14(19)10-9-5-4-8(6-16-20)11(15)12(9)22-13(10)17-7(2)18/h4-6,20H,3H2,1-2H3,(H,17,18). The normalized spacial score (nSPS) is 11.0. The van der Waals surface area contributed by atoms with Crippen LogP contribution in [0.5, 0.6) is 0 Å². The molecule has 1 aromatic heterocycles. The zero-order chi connectivity index (χ0) is 16.3. The van der Waals surface area contributed by atoms with Crippen molar-refractivity contribution in [3.63, 3.8) is 0 Å². The van der Waals surface area contributed by atoms with Gasteiger partial charge in [0.2, 0.25) is 5.91 Å². The first-order chi connectivity index (χ1) is 10.5. The maximum atomic E-state index is 12.2. The molecule has 116 valence electrons. The summed E-state index contributed by atoms with van der Waals surface area (Å²) >= 11 is 7.43. The lowest BCUT2D eigenvalue weighted by atomic mass is 10.1. The average molecular weight is 341 g/mol. The lowest BCUT2D eigenvalue weighted by Crippen LogP contribution is -2.10. The van der Waals surface area contributed by atoms with Crippen LogP contribution in [0.2, 0.25) is 5.02 Å². The number of halogens is 1. The molecule has 8 heteroatoms. The summed E-state index contributed by atoms with van der Waals surface area (Å²) in [5, 5.41) is 15.5. The van der Waals surface area contributed by atoms with Crippen molar-refractivity contribution >= 4 is 56.1 Å². The number of esters is 1. The number of nitrogens with zero attached hydrogens (tertiary/aromatic N) is 1. The molecule has 0 radical (unpaired) electrons. The van der Waals surface area contributed by atoms with Crippen molar-refractivity contribution in [2.24, 2.45) is 5.16 Å². The molecule has 0 atom stereocenters. The van der Waals surface area contributed by atoms with Crippen LogP contribution in [0.25, 0.3) is 10.1 Å². The van der Waals surface area contributed by atoms with Crippen LogP contribution in [0, 0.1) is 0 Å². The zero-order valence-corrected chi connectivity index (χ0v) is 13.4. The van der Waals surface area contributed by atoms with Crippen LogP contribution in [0.4, 0.5) is 5.00 Å². The number of carbonyl (C=O) groups is 2. The van der Waals surface area contributed by atoms with Crippen LogP contribution >= 0.6 is 22.9 Å². The number of hydrogen-bond acceptors (Lipinski definition) is 6. The number of benzene rings is 1. The highest BCUT2D eigenvalue weighted by Crippen LogP contribution is 2.41. The molecule has 2 N–H and O–H groups in total. The van der Waals surface area contributed by atoms with Crippen molar-refractivity contribution in [3.8, 4) is 0 Å². The van der Waals surface area contributed by atoms with E-state index in [0.29, 0.717) is 25.7 Å². The van der Waals surface area contributed by atoms with Gasteiger partial charge in [0.1, 0.15) is 10.6 Å². The molecule has 0 fully saturated rings. The molecule has 0 aliphatic heterocycles. The molecule has 0 unspecified atom stereocenters. The molecule has 0 saturated heterocycles. The monoisotopic (exact) mass is 340 g/mol. The minimum absolute atomic E-state index is 0.221. The molecule has 0 bridgehead atoms. The highest BCUT2D eigenvalue weighted by molar-refractivity contribution is 7.24. The van der Waals surface area contributed by atoms with E-state index >= 15 is 0 Å². The van der Waals surface area contributed by atoms with Crippen molar-refractivity contribution in [2.75, 3.05) is 11.9 Å². The third-order valence-electron chi connectivity index (χ3n) is 2.79. The predicted octanol–water partition coefficient (Wildman–Crippen LogP) is 3.50. The van der Waals surface area contributed by atoms with Crippen molar-refractivity contribution in [2.45, 2.75) is 13.8 Å². The number of amides is 1. The highest BCUT2D eigenvalue weighted by atomic mass is 35.5. The van der Waals surface area contributed by atoms with Crippen LogP contribution in [-0.2, 0) is 9.53 Å². The van der Waals surface area contributed by atoms with Gasteiger partial charge in [-0.2, -0.15) is 0 Å². The van der Waals surface area contributed by atoms with Gasteiger partial charge in [-0.25, -0.2) is 4.79 Å². The first-order valence-electron chi connectivity index (χ1n) is 6.36. The summed E-state index contributed by atoms with van der Waals surface area (Å²) in [6.07, 6.45) is 1.20. The third kappa shape index (κ3) is 3.05. The zero-order valence-electron chi connectivity index (χ0n) is 11.8. The van der Waals surface area contributed by atoms with E-state index in [4.69, 9.17) is 21.5 Å². The van der Waals surface area contributed by atoms with E-state index in [1.807, 2.05) is 0 Å². The van der Waals surface area contributed by atoms with Gasteiger partial charge >= 0.3 is 5.97 Å². The Morgan fingerprint density at radius 2 is 2.23 bits per heavy atom. The number of nitrogens with one attached hydrogen (secondary N) is 1. The SMILES string of the molecule is CCOC(=O)c1c(NC(C)=O)sc2c(Cl)c(C=NO)ccc12. The van der Waals surface area contributed by atoms with E-state index in [9.17, 15) is 9.59 Å². The van der Waals surface area contributed by atoms with Crippen LogP contribution in [-0.4, -0.2) is 29.9 Å². The summed E-state index contributed by atoms with van der Waals surface area (Å²) in [6.45, 7) is 3.27. The quantitative estimate of drug-likeness (QED) is 0.386. The molecule has 0 aliphatic carbocycles. The first kappa shape index (κ1) is 16.3. The van der Waals surface area contributed by atoms with Crippen molar-refractivity contribution in [3.05, 3.63) is 28.3 Å². The first-order valence-corrected chi connectivity index (χ1v) is 7.56. The lowest BCUT2D eigenvalue weighted by Gasteiger charge is -2.04. The van der Waals surface area contributed by atoms with Crippen LogP contribution in [0.15, 0.2) is 17.3 Å². The van der Waals surface area contributed by atoms with Gasteiger partial charge in [0.15, 0.2) is 0 Å². The summed E-state index contributed by atoms with van der Waals surface area (Å²) in [5.41, 5.74) is 0.772. The largest absolute Gasteiger partial charge is 0.462 e. The Hall–Kier alpha value is -2.12. The third-order valence-corrected chi connectivity index (χ3v) is 4.45. The summed E-state index contributed by atoms with van der Waals surface area (Å²) in [5.74, 6) is -0.831. The van der Waals surface area contributed by atoms with E-state index in [2.05, 4.69) is 10.5 Å². The smallest absolute Gasteiger partial charge is 0.341 e. The van der Waals surface area contributed by atoms with Gasteiger partial charge in [-0.3, -0.25) is 4.79 Å². The van der Waals surface area contributed by atoms with E-state index in [1.165, 1.54) is 24.5 Å². The number of anilines is 1. The Morgan fingerprint density at radius 1 is 1.50 bits per heavy atom. The Morgan fingerprint density at radius 3 is 2.82 bits per heavy atom. The topological polar surface area (TPSA) is 88.0 Å². The van der Waals surface area contributed by atoms with Gasteiger partial charge in [0.05, 0.1) is 22.5 Å². The predicted molar refractivity (Wildman–Crippen MR) is 86.5 cm³/mol. The molecular formula is C14H13ClN2O4S. The fourth-order valence-corrected chi connectivity index (χ4v) is 3.47. The maximum Gasteiger partial charge on any atom is 0.341 e. The Labute approximate surface area is 135 Å². The number of thiophene rings is 1. The van der Waals surface area contributed by atoms with Crippen molar-refractivity contribution in [1.82, 2.24) is 0 Å². The number of hydrogen-bond donors (Lipinski definition) is 2. The summed E-state index contributed by atoms with van der Waals surface area (Å²) < 4.78 is 5.64. The number of oxime groups is 1. The van der Waals surface area contributed by atoms with Gasteiger partial charge in [0, 0.05) is 17.9 Å². The molecular weight excluding hydrogens is 328 g/mol. The molecule has 1 heterocycles. The fourth-order valence-electron chi connectivity index (χ4n) is 1.96. The van der Waals surface area contributed by atoms with Gasteiger partial charge in [-0.15, -0.1) is 11.3 Å². The summed E-state index contributed by atoms with van der Waals surface area (Å²) in [4.78, 5) is 23.5. The average Bonchev–Trinajstić information content (AvgIpc) is 2.80. The molecule has 0 saturated carbocycles. The Bertz CT molecular complexity index is 770. The van der Waals surface area contributed by atoms with E-state index in [1.54, 1.807) is 19.1 Å². The van der Waals surface area contributed by atoms with Crippen molar-refractivity contribution in [1.29, 1.82) is 0 Å². The van der Waals surface area contributed by atoms with Gasteiger partial charge in [0.25, 0.3) is 0 Å². The second-order valence-corrected chi connectivity index (χ2v) is 5.70. The van der Waals surface area contributed by atoms with E-state index in [-0.39, 0.29) is 18.1 Å². The number of fused-ring (bicyclic) bond motifs is 1. The van der Waals surface area contributed by atoms with E-state index < -0.39 is 5.97 Å². The fraction of sp³-hybridized carbons (Fsp3) is 0.214. The number of ether oxygens (including phenoxy) is 1. The van der Waals surface area contributed by atoms with Gasteiger partial charge in [-0.05, 0) is 6.92 Å². The molecule has 0 aliphatic rings. The van der Waals surface area contributed by atoms with Crippen LogP contribution in [0.1, 0.15) is 29.8 Å². The molecule has 1 aromatic carbocycles. The number of rotatable bonds is 4. The molecule has 22 heavy (non-hydrogen) atoms. The lowest BCUT2D eigenvalue weighted by molar-refractivity contribution is -0.114. The van der Waals surface area contributed by atoms with Gasteiger partial charge in [-0.1, -0.05) is 28.9 Å². The second-order valence-electron chi connectivity index (χ2n) is 4.30. The molecule has 2 rings (SSSR count). The van der Waals surface area contributed by atoms with Crippen LogP contribution in [0.3, 0.4) is 0 Å². The number of carbonyl (C=O) groups excluding carboxylic acids is 2. The molecule has 1 amide bonds. The minimum atomic E-state index is -0.530. The molecule has 2 aromatic rings. The van der Waals surface area contributed by atoms with E-state index in [0.717, 1.165) is 0 Å². The second kappa shape index (κ2) is 6.76. The minimum Gasteiger partial charge on any atom is -0.462 e. The van der Waals surface area contributed by atoms with Gasteiger partial charge < -0.3 is 15.3 Å². The summed E-state index contributed by atoms with van der Waals surface area (Å²) in [6, 6.07) is 3.30. The van der Waals surface area contributed by atoms with Crippen LogP contribution < -0.4 is 5.32 Å². The Balaban J connectivity index is 2.70. The maximum absolute atomic E-state index is 12.2. The Kier molecular flexibility index (Phi) is 4.99. The molecule has 0 spiro atoms.